The van der Waals surface area contributed by atoms with Crippen LogP contribution in [0, 0.1) is 0 Å². The van der Waals surface area contributed by atoms with Crippen molar-refractivity contribution in [2.45, 2.75) is 13.1 Å². The molecule has 1 rings (SSSR count). The summed E-state index contributed by atoms with van der Waals surface area (Å²) in [6, 6.07) is 5.69. The monoisotopic (exact) mass is 194 g/mol. The molecule has 4 heteroatoms. The first-order valence-corrected chi connectivity index (χ1v) is 4.34. The van der Waals surface area contributed by atoms with Gasteiger partial charge in [0.15, 0.2) is 0 Å². The second-order valence-corrected chi connectivity index (χ2v) is 2.85. The lowest BCUT2D eigenvalue weighted by atomic mass is 10.1. The van der Waals surface area contributed by atoms with Crippen LogP contribution < -0.4 is 15.8 Å². The molecule has 0 aliphatic carbocycles. The van der Waals surface area contributed by atoms with E-state index in [-0.39, 0.29) is 0 Å². The number of ether oxygens (including phenoxy) is 1. The third-order valence-corrected chi connectivity index (χ3v) is 1.96. The molecule has 76 valence electrons. The van der Waals surface area contributed by atoms with Gasteiger partial charge in [-0.3, -0.25) is 4.79 Å². The summed E-state index contributed by atoms with van der Waals surface area (Å²) in [4.78, 5) is 10.1. The highest BCUT2D eigenvalue weighted by molar-refractivity contribution is 5.47. The molecule has 0 radical (unpaired) electrons. The topological polar surface area (TPSA) is 64.3 Å². The fraction of sp³-hybridized carbons (Fsp3) is 0.300. The standard InChI is InChI=1S/C10H14N2O2/c1-14-10-4-8(6-12-7-13)2-3-9(10)5-11/h2-4,7H,5-6,11H2,1H3,(H,12,13). The lowest BCUT2D eigenvalue weighted by molar-refractivity contribution is -0.109. The molecule has 0 aromatic heterocycles. The Hall–Kier alpha value is -1.55. The van der Waals surface area contributed by atoms with Crippen LogP contribution in [0.15, 0.2) is 18.2 Å². The third kappa shape index (κ3) is 2.47. The Balaban J connectivity index is 2.83. The summed E-state index contributed by atoms with van der Waals surface area (Å²) >= 11 is 0. The fourth-order valence-corrected chi connectivity index (χ4v) is 1.23. The quantitative estimate of drug-likeness (QED) is 0.667. The summed E-state index contributed by atoms with van der Waals surface area (Å²) in [5.74, 6) is 0.762. The summed E-state index contributed by atoms with van der Waals surface area (Å²) in [6.45, 7) is 0.954. The van der Waals surface area contributed by atoms with Gasteiger partial charge < -0.3 is 15.8 Å². The predicted octanol–water partition coefficient (Wildman–Crippen LogP) is 0.400. The van der Waals surface area contributed by atoms with Gasteiger partial charge in [-0.05, 0) is 11.6 Å². The maximum absolute atomic E-state index is 10.1. The first-order valence-electron chi connectivity index (χ1n) is 4.34. The van der Waals surface area contributed by atoms with E-state index in [9.17, 15) is 4.79 Å². The summed E-state index contributed by atoms with van der Waals surface area (Å²) in [7, 11) is 1.60. The molecule has 14 heavy (non-hydrogen) atoms. The van der Waals surface area contributed by atoms with E-state index in [0.717, 1.165) is 16.9 Å². The molecular formula is C10H14N2O2. The van der Waals surface area contributed by atoms with Gasteiger partial charge in [0.25, 0.3) is 0 Å². The van der Waals surface area contributed by atoms with E-state index in [4.69, 9.17) is 10.5 Å². The Kier molecular flexibility index (Phi) is 3.94. The Labute approximate surface area is 83.1 Å². The summed E-state index contributed by atoms with van der Waals surface area (Å²) < 4.78 is 5.16. The van der Waals surface area contributed by atoms with Gasteiger partial charge in [-0.25, -0.2) is 0 Å². The second-order valence-electron chi connectivity index (χ2n) is 2.85. The highest BCUT2D eigenvalue weighted by atomic mass is 16.5. The molecular weight excluding hydrogens is 180 g/mol. The van der Waals surface area contributed by atoms with Crippen molar-refractivity contribution in [2.24, 2.45) is 5.73 Å². The Morgan fingerprint density at radius 1 is 1.57 bits per heavy atom. The Morgan fingerprint density at radius 3 is 2.93 bits per heavy atom. The zero-order valence-corrected chi connectivity index (χ0v) is 8.12. The first-order chi connectivity index (χ1) is 6.81. The lowest BCUT2D eigenvalue weighted by Gasteiger charge is -2.08. The number of amides is 1. The van der Waals surface area contributed by atoms with Crippen LogP contribution in [0.25, 0.3) is 0 Å². The molecule has 0 bridgehead atoms. The maximum Gasteiger partial charge on any atom is 0.207 e. The van der Waals surface area contributed by atoms with Gasteiger partial charge in [-0.1, -0.05) is 12.1 Å². The molecule has 0 heterocycles. The van der Waals surface area contributed by atoms with Crippen molar-refractivity contribution < 1.29 is 9.53 Å². The van der Waals surface area contributed by atoms with Crippen LogP contribution in [-0.2, 0) is 17.9 Å². The van der Waals surface area contributed by atoms with E-state index in [1.807, 2.05) is 18.2 Å². The molecule has 0 spiro atoms. The molecule has 1 amide bonds. The van der Waals surface area contributed by atoms with Crippen molar-refractivity contribution in [3.63, 3.8) is 0 Å². The van der Waals surface area contributed by atoms with Crippen molar-refractivity contribution in [3.8, 4) is 5.75 Å². The van der Waals surface area contributed by atoms with Gasteiger partial charge in [0, 0.05) is 18.7 Å². The van der Waals surface area contributed by atoms with Crippen LogP contribution >= 0.6 is 0 Å². The van der Waals surface area contributed by atoms with Crippen LogP contribution in [0.2, 0.25) is 0 Å². The van der Waals surface area contributed by atoms with Crippen molar-refractivity contribution in [3.05, 3.63) is 29.3 Å². The lowest BCUT2D eigenvalue weighted by Crippen LogP contribution is -2.10. The van der Waals surface area contributed by atoms with Crippen molar-refractivity contribution in [1.29, 1.82) is 0 Å². The maximum atomic E-state index is 10.1. The van der Waals surface area contributed by atoms with Gasteiger partial charge in [0.05, 0.1) is 7.11 Å². The van der Waals surface area contributed by atoms with E-state index < -0.39 is 0 Å². The average molecular weight is 194 g/mol. The van der Waals surface area contributed by atoms with E-state index >= 15 is 0 Å². The predicted molar refractivity (Wildman–Crippen MR) is 53.8 cm³/mol. The van der Waals surface area contributed by atoms with Gasteiger partial charge in [-0.15, -0.1) is 0 Å². The first kappa shape index (κ1) is 10.5. The molecule has 0 saturated heterocycles. The van der Waals surface area contributed by atoms with Crippen LogP contribution in [0.4, 0.5) is 0 Å². The van der Waals surface area contributed by atoms with Crippen LogP contribution in [0.5, 0.6) is 5.75 Å². The van der Waals surface area contributed by atoms with Crippen molar-refractivity contribution in [1.82, 2.24) is 5.32 Å². The molecule has 0 aliphatic rings. The van der Waals surface area contributed by atoms with Gasteiger partial charge in [0.1, 0.15) is 5.75 Å². The molecule has 3 N–H and O–H groups in total. The second kappa shape index (κ2) is 5.24. The number of carbonyl (C=O) groups excluding carboxylic acids is 1. The number of benzene rings is 1. The van der Waals surface area contributed by atoms with E-state index in [2.05, 4.69) is 5.32 Å². The van der Waals surface area contributed by atoms with Crippen LogP contribution in [-0.4, -0.2) is 13.5 Å². The van der Waals surface area contributed by atoms with Gasteiger partial charge in [0.2, 0.25) is 6.41 Å². The molecule has 0 atom stereocenters. The Morgan fingerprint density at radius 2 is 2.36 bits per heavy atom. The van der Waals surface area contributed by atoms with Crippen molar-refractivity contribution >= 4 is 6.41 Å². The number of rotatable bonds is 5. The number of carbonyl (C=O) groups is 1. The van der Waals surface area contributed by atoms with Crippen LogP contribution in [0.1, 0.15) is 11.1 Å². The minimum Gasteiger partial charge on any atom is -0.496 e. The molecule has 0 unspecified atom stereocenters. The number of nitrogens with two attached hydrogens (primary N) is 1. The smallest absolute Gasteiger partial charge is 0.207 e. The number of hydrogen-bond acceptors (Lipinski definition) is 3. The van der Waals surface area contributed by atoms with E-state index in [1.165, 1.54) is 0 Å². The van der Waals surface area contributed by atoms with E-state index in [1.54, 1.807) is 7.11 Å². The van der Waals surface area contributed by atoms with Crippen LogP contribution in [0.3, 0.4) is 0 Å². The highest BCUT2D eigenvalue weighted by Crippen LogP contribution is 2.19. The highest BCUT2D eigenvalue weighted by Gasteiger charge is 2.01. The summed E-state index contributed by atoms with van der Waals surface area (Å²) in [5, 5.41) is 2.59. The summed E-state index contributed by atoms with van der Waals surface area (Å²) in [5.41, 5.74) is 7.48. The molecule has 0 fully saturated rings. The molecule has 1 aromatic rings. The minimum absolute atomic E-state index is 0.449. The number of hydrogen-bond donors (Lipinski definition) is 2. The molecule has 1 aromatic carbocycles. The third-order valence-electron chi connectivity index (χ3n) is 1.96. The zero-order valence-electron chi connectivity index (χ0n) is 8.12. The SMILES string of the molecule is COc1cc(CNC=O)ccc1CN. The average Bonchev–Trinajstić information content (AvgIpc) is 2.25. The number of nitrogens with one attached hydrogen (secondary N) is 1. The Bertz CT molecular complexity index is 313. The fourth-order valence-electron chi connectivity index (χ4n) is 1.23. The van der Waals surface area contributed by atoms with Crippen molar-refractivity contribution in [2.75, 3.05) is 7.11 Å². The van der Waals surface area contributed by atoms with E-state index in [0.29, 0.717) is 19.5 Å². The normalized spacial score (nSPS) is 9.57. The molecule has 0 aliphatic heterocycles. The number of methoxy groups -OCH3 is 1. The molecule has 4 nitrogen and oxygen atoms in total. The van der Waals surface area contributed by atoms with Gasteiger partial charge in [-0.2, -0.15) is 0 Å². The van der Waals surface area contributed by atoms with Gasteiger partial charge >= 0.3 is 0 Å². The summed E-state index contributed by atoms with van der Waals surface area (Å²) in [6.07, 6.45) is 0.670. The zero-order chi connectivity index (χ0) is 10.4. The minimum atomic E-state index is 0.449. The largest absolute Gasteiger partial charge is 0.496 e. The molecule has 0 saturated carbocycles.